The quantitative estimate of drug-likeness (QED) is 0.348. The fourth-order valence-corrected chi connectivity index (χ4v) is 3.53. The zero-order chi connectivity index (χ0) is 23.6. The predicted molar refractivity (Wildman–Crippen MR) is 125 cm³/mol. The lowest BCUT2D eigenvalue weighted by molar-refractivity contribution is -0.113. The van der Waals surface area contributed by atoms with E-state index in [0.29, 0.717) is 34.4 Å². The van der Waals surface area contributed by atoms with Crippen LogP contribution in [0, 0.1) is 0 Å². The second kappa shape index (κ2) is 11.8. The van der Waals surface area contributed by atoms with Crippen molar-refractivity contribution in [3.05, 3.63) is 71.5 Å². The van der Waals surface area contributed by atoms with Crippen molar-refractivity contribution < 1.29 is 19.1 Å². The van der Waals surface area contributed by atoms with Gasteiger partial charge in [-0.15, -0.1) is 10.2 Å². The Morgan fingerprint density at radius 2 is 1.79 bits per heavy atom. The summed E-state index contributed by atoms with van der Waals surface area (Å²) in [6.07, 6.45) is 0.739. The second-order valence-corrected chi connectivity index (χ2v) is 8.00. The van der Waals surface area contributed by atoms with E-state index in [1.54, 1.807) is 60.1 Å². The predicted octanol–water partition coefficient (Wildman–Crippen LogP) is 3.04. The number of ether oxygens (including phenoxy) is 1. The molecule has 0 aliphatic carbocycles. The molecule has 10 heteroatoms. The summed E-state index contributed by atoms with van der Waals surface area (Å²) in [4.78, 5) is 36.5. The van der Waals surface area contributed by atoms with Gasteiger partial charge in [-0.1, -0.05) is 43.0 Å². The summed E-state index contributed by atoms with van der Waals surface area (Å²) in [6, 6.07) is 15.5. The molecule has 3 aromatic rings. The number of hydrogen-bond donors (Lipinski definition) is 2. The van der Waals surface area contributed by atoms with Gasteiger partial charge < -0.3 is 19.9 Å². The highest BCUT2D eigenvalue weighted by Crippen LogP contribution is 2.17. The molecule has 0 unspecified atom stereocenters. The highest BCUT2D eigenvalue weighted by molar-refractivity contribution is 7.99. The third-order valence-corrected chi connectivity index (χ3v) is 5.54. The third kappa shape index (κ3) is 6.91. The molecule has 172 valence electrons. The van der Waals surface area contributed by atoms with Gasteiger partial charge in [0.25, 0.3) is 5.91 Å². The Labute approximate surface area is 195 Å². The summed E-state index contributed by atoms with van der Waals surface area (Å²) in [7, 11) is 1.77. The average molecular weight is 468 g/mol. The number of nitrogens with zero attached hydrogens (tertiary/aromatic N) is 3. The lowest BCUT2D eigenvalue weighted by atomic mass is 10.2. The standard InChI is InChI=1S/C23H25N5O4S/c1-3-12-32-22(31)17-10-7-11-18(13-17)25-20(29)15-33-23-27-26-19(28(23)2)14-24-21(30)16-8-5-4-6-9-16/h4-11,13H,3,12,14-15H2,1-2H3,(H,24,30)(H,25,29). The number of amides is 2. The van der Waals surface area contributed by atoms with Crippen LogP contribution >= 0.6 is 11.8 Å². The van der Waals surface area contributed by atoms with Gasteiger partial charge in [0, 0.05) is 18.3 Å². The Bertz CT molecular complexity index is 1120. The van der Waals surface area contributed by atoms with Gasteiger partial charge in [-0.25, -0.2) is 4.79 Å². The highest BCUT2D eigenvalue weighted by atomic mass is 32.2. The van der Waals surface area contributed by atoms with E-state index < -0.39 is 5.97 Å². The van der Waals surface area contributed by atoms with Crippen LogP contribution in [-0.2, 0) is 23.1 Å². The lowest BCUT2D eigenvalue weighted by Crippen LogP contribution is -2.24. The SMILES string of the molecule is CCCOC(=O)c1cccc(NC(=O)CSc2nnc(CNC(=O)c3ccccc3)n2C)c1. The Hall–Kier alpha value is -3.66. The average Bonchev–Trinajstić information content (AvgIpc) is 3.19. The first-order valence-electron chi connectivity index (χ1n) is 10.4. The number of hydrogen-bond acceptors (Lipinski definition) is 7. The molecule has 0 saturated heterocycles. The number of anilines is 1. The first-order chi connectivity index (χ1) is 16.0. The molecule has 1 heterocycles. The molecule has 2 amide bonds. The van der Waals surface area contributed by atoms with Crippen molar-refractivity contribution >= 4 is 35.2 Å². The van der Waals surface area contributed by atoms with E-state index in [-0.39, 0.29) is 24.1 Å². The van der Waals surface area contributed by atoms with Gasteiger partial charge in [-0.2, -0.15) is 0 Å². The number of carbonyl (C=O) groups is 3. The van der Waals surface area contributed by atoms with E-state index in [1.807, 2.05) is 13.0 Å². The van der Waals surface area contributed by atoms with Crippen molar-refractivity contribution in [3.63, 3.8) is 0 Å². The van der Waals surface area contributed by atoms with E-state index in [2.05, 4.69) is 20.8 Å². The van der Waals surface area contributed by atoms with Crippen LogP contribution in [0.4, 0.5) is 5.69 Å². The second-order valence-electron chi connectivity index (χ2n) is 7.06. The summed E-state index contributed by atoms with van der Waals surface area (Å²) < 4.78 is 6.85. The minimum atomic E-state index is -0.423. The van der Waals surface area contributed by atoms with Crippen molar-refractivity contribution in [2.45, 2.75) is 25.0 Å². The molecule has 1 aromatic heterocycles. The van der Waals surface area contributed by atoms with Crippen LogP contribution in [0.25, 0.3) is 0 Å². The molecule has 3 rings (SSSR count). The number of rotatable bonds is 10. The number of carbonyl (C=O) groups excluding carboxylic acids is 3. The summed E-state index contributed by atoms with van der Waals surface area (Å²) >= 11 is 1.22. The third-order valence-electron chi connectivity index (χ3n) is 4.52. The van der Waals surface area contributed by atoms with Crippen molar-refractivity contribution in [2.24, 2.45) is 7.05 Å². The molecule has 0 saturated carbocycles. The minimum absolute atomic E-state index is 0.104. The Morgan fingerprint density at radius 1 is 1.03 bits per heavy atom. The minimum Gasteiger partial charge on any atom is -0.462 e. The van der Waals surface area contributed by atoms with E-state index in [1.165, 1.54) is 11.8 Å². The van der Waals surface area contributed by atoms with Gasteiger partial charge in [-0.3, -0.25) is 9.59 Å². The van der Waals surface area contributed by atoms with Crippen LogP contribution in [0.2, 0.25) is 0 Å². The van der Waals surface area contributed by atoms with Gasteiger partial charge in [0.2, 0.25) is 5.91 Å². The molecule has 0 aliphatic heterocycles. The molecule has 2 aromatic carbocycles. The van der Waals surface area contributed by atoms with Crippen molar-refractivity contribution in [1.82, 2.24) is 20.1 Å². The smallest absolute Gasteiger partial charge is 0.338 e. The molecule has 0 aliphatic rings. The van der Waals surface area contributed by atoms with Crippen LogP contribution in [0.1, 0.15) is 39.9 Å². The maximum absolute atomic E-state index is 12.4. The zero-order valence-electron chi connectivity index (χ0n) is 18.4. The molecular formula is C23H25N5O4S. The molecule has 9 nitrogen and oxygen atoms in total. The van der Waals surface area contributed by atoms with E-state index in [4.69, 9.17) is 4.74 Å². The Kier molecular flexibility index (Phi) is 8.59. The molecule has 33 heavy (non-hydrogen) atoms. The fourth-order valence-electron chi connectivity index (χ4n) is 2.80. The normalized spacial score (nSPS) is 10.5. The van der Waals surface area contributed by atoms with Gasteiger partial charge in [0.1, 0.15) is 0 Å². The maximum atomic E-state index is 12.4. The van der Waals surface area contributed by atoms with Crippen LogP contribution < -0.4 is 10.6 Å². The molecule has 2 N–H and O–H groups in total. The number of esters is 1. The van der Waals surface area contributed by atoms with E-state index in [9.17, 15) is 14.4 Å². The molecule has 0 radical (unpaired) electrons. The van der Waals surface area contributed by atoms with Crippen LogP contribution in [0.3, 0.4) is 0 Å². The summed E-state index contributed by atoms with van der Waals surface area (Å²) in [6.45, 7) is 2.48. The van der Waals surface area contributed by atoms with Gasteiger partial charge >= 0.3 is 5.97 Å². The molecular weight excluding hydrogens is 442 g/mol. The number of benzene rings is 2. The van der Waals surface area contributed by atoms with Crippen LogP contribution in [0.5, 0.6) is 0 Å². The van der Waals surface area contributed by atoms with Gasteiger partial charge in [0.05, 0.1) is 24.5 Å². The van der Waals surface area contributed by atoms with Crippen LogP contribution in [0.15, 0.2) is 59.8 Å². The first-order valence-corrected chi connectivity index (χ1v) is 11.4. The van der Waals surface area contributed by atoms with Crippen molar-refractivity contribution in [2.75, 3.05) is 17.7 Å². The molecule has 0 spiro atoms. The molecule has 0 bridgehead atoms. The van der Waals surface area contributed by atoms with E-state index >= 15 is 0 Å². The van der Waals surface area contributed by atoms with E-state index in [0.717, 1.165) is 6.42 Å². The Morgan fingerprint density at radius 3 is 2.55 bits per heavy atom. The lowest BCUT2D eigenvalue weighted by Gasteiger charge is -2.08. The number of nitrogens with one attached hydrogen (secondary N) is 2. The monoisotopic (exact) mass is 467 g/mol. The van der Waals surface area contributed by atoms with Gasteiger partial charge in [-0.05, 0) is 36.8 Å². The number of aromatic nitrogens is 3. The van der Waals surface area contributed by atoms with Gasteiger partial charge in [0.15, 0.2) is 11.0 Å². The summed E-state index contributed by atoms with van der Waals surface area (Å²) in [5, 5.41) is 14.3. The Balaban J connectivity index is 1.50. The summed E-state index contributed by atoms with van der Waals surface area (Å²) in [5.74, 6) is -0.199. The van der Waals surface area contributed by atoms with Crippen molar-refractivity contribution in [3.8, 4) is 0 Å². The largest absolute Gasteiger partial charge is 0.462 e. The maximum Gasteiger partial charge on any atom is 0.338 e. The fraction of sp³-hybridized carbons (Fsp3) is 0.261. The summed E-state index contributed by atoms with van der Waals surface area (Å²) in [5.41, 5.74) is 1.45. The first kappa shape index (κ1) is 24.0. The molecule has 0 atom stereocenters. The van der Waals surface area contributed by atoms with Crippen LogP contribution in [-0.4, -0.2) is 44.9 Å². The van der Waals surface area contributed by atoms with Crippen molar-refractivity contribution in [1.29, 1.82) is 0 Å². The zero-order valence-corrected chi connectivity index (χ0v) is 19.2. The molecule has 0 fully saturated rings. The number of thioether (sulfide) groups is 1. The topological polar surface area (TPSA) is 115 Å². The highest BCUT2D eigenvalue weighted by Gasteiger charge is 2.14.